The highest BCUT2D eigenvalue weighted by atomic mass is 16.5. The van der Waals surface area contributed by atoms with Gasteiger partial charge >= 0.3 is 5.97 Å². The number of hydrogen-bond donors (Lipinski definition) is 0. The first kappa shape index (κ1) is 14.1. The second-order valence-electron chi connectivity index (χ2n) is 5.94. The van der Waals surface area contributed by atoms with Crippen LogP contribution in [-0.2, 0) is 20.7 Å². The van der Waals surface area contributed by atoms with Crippen molar-refractivity contribution in [2.45, 2.75) is 31.6 Å². The molecule has 0 N–H and O–H groups in total. The zero-order valence-corrected chi connectivity index (χ0v) is 12.4. The lowest BCUT2D eigenvalue weighted by atomic mass is 9.82. The van der Waals surface area contributed by atoms with E-state index in [-0.39, 0.29) is 23.7 Å². The Labute approximate surface area is 125 Å². The zero-order chi connectivity index (χ0) is 14.8. The molecule has 3 rings (SSSR count). The average molecular weight is 287 g/mol. The number of amides is 1. The molecule has 0 saturated carbocycles. The van der Waals surface area contributed by atoms with Crippen LogP contribution in [-0.4, -0.2) is 37.0 Å². The van der Waals surface area contributed by atoms with E-state index < -0.39 is 0 Å². The van der Waals surface area contributed by atoms with Crippen LogP contribution in [0.4, 0.5) is 0 Å². The molecule has 1 fully saturated rings. The molecule has 0 spiro atoms. The first-order chi connectivity index (χ1) is 10.2. The molecule has 1 aromatic rings. The fourth-order valence-electron chi connectivity index (χ4n) is 3.55. The fourth-order valence-corrected chi connectivity index (χ4v) is 3.55. The summed E-state index contributed by atoms with van der Waals surface area (Å²) in [6, 6.07) is 8.24. The van der Waals surface area contributed by atoms with Crippen molar-refractivity contribution in [3.8, 4) is 0 Å². The van der Waals surface area contributed by atoms with Gasteiger partial charge in [-0.15, -0.1) is 0 Å². The lowest BCUT2D eigenvalue weighted by Crippen LogP contribution is -2.35. The van der Waals surface area contributed by atoms with E-state index in [0.29, 0.717) is 19.5 Å². The molecular formula is C17H21NO3. The molecule has 112 valence electrons. The highest BCUT2D eigenvalue weighted by Gasteiger charge is 2.36. The number of carbonyl (C=O) groups excluding carboxylic acids is 2. The van der Waals surface area contributed by atoms with Crippen LogP contribution < -0.4 is 0 Å². The van der Waals surface area contributed by atoms with Crippen LogP contribution in [0.2, 0.25) is 0 Å². The molecule has 21 heavy (non-hydrogen) atoms. The second kappa shape index (κ2) is 5.88. The van der Waals surface area contributed by atoms with Crippen molar-refractivity contribution in [3.05, 3.63) is 35.4 Å². The number of likely N-dealkylation sites (tertiary alicyclic amines) is 1. The molecule has 2 unspecified atom stereocenters. The van der Waals surface area contributed by atoms with Crippen LogP contribution >= 0.6 is 0 Å². The van der Waals surface area contributed by atoms with Crippen molar-refractivity contribution in [2.24, 2.45) is 5.92 Å². The smallest absolute Gasteiger partial charge is 0.310 e. The predicted molar refractivity (Wildman–Crippen MR) is 78.8 cm³/mol. The van der Waals surface area contributed by atoms with Crippen molar-refractivity contribution in [2.75, 3.05) is 20.2 Å². The van der Waals surface area contributed by atoms with Gasteiger partial charge in [0, 0.05) is 13.1 Å². The number of nitrogens with zero attached hydrogens (tertiary/aromatic N) is 1. The fraction of sp³-hybridized carbons (Fsp3) is 0.529. The molecule has 0 radical (unpaired) electrons. The number of carbonyl (C=O) groups is 2. The Hall–Kier alpha value is -1.84. The summed E-state index contributed by atoms with van der Waals surface area (Å²) in [6.45, 7) is 1.17. The van der Waals surface area contributed by atoms with Gasteiger partial charge in [0.05, 0.1) is 18.9 Å². The van der Waals surface area contributed by atoms with Crippen molar-refractivity contribution in [1.29, 1.82) is 0 Å². The molecule has 4 heteroatoms. The number of esters is 1. The van der Waals surface area contributed by atoms with E-state index in [2.05, 4.69) is 12.1 Å². The Bertz CT molecular complexity index is 555. The third-order valence-electron chi connectivity index (χ3n) is 4.70. The number of rotatable bonds is 2. The van der Waals surface area contributed by atoms with Gasteiger partial charge in [-0.25, -0.2) is 0 Å². The molecule has 1 heterocycles. The summed E-state index contributed by atoms with van der Waals surface area (Å²) in [4.78, 5) is 26.2. The van der Waals surface area contributed by atoms with Crippen LogP contribution in [0.3, 0.4) is 0 Å². The highest BCUT2D eigenvalue weighted by molar-refractivity contribution is 5.85. The van der Waals surface area contributed by atoms with E-state index in [1.54, 1.807) is 0 Å². The van der Waals surface area contributed by atoms with Crippen LogP contribution in [0, 0.1) is 5.92 Å². The second-order valence-corrected chi connectivity index (χ2v) is 5.94. The lowest BCUT2D eigenvalue weighted by molar-refractivity contribution is -0.145. The Balaban J connectivity index is 1.74. The van der Waals surface area contributed by atoms with Gasteiger partial charge in [0.2, 0.25) is 5.91 Å². The largest absolute Gasteiger partial charge is 0.469 e. The van der Waals surface area contributed by atoms with E-state index in [1.165, 1.54) is 18.2 Å². The molecule has 0 bridgehead atoms. The third-order valence-corrected chi connectivity index (χ3v) is 4.70. The van der Waals surface area contributed by atoms with Gasteiger partial charge in [0.25, 0.3) is 0 Å². The van der Waals surface area contributed by atoms with Gasteiger partial charge < -0.3 is 9.64 Å². The van der Waals surface area contributed by atoms with Crippen molar-refractivity contribution in [3.63, 3.8) is 0 Å². The monoisotopic (exact) mass is 287 g/mol. The molecule has 1 aromatic carbocycles. The summed E-state index contributed by atoms with van der Waals surface area (Å²) in [7, 11) is 1.41. The molecule has 1 aliphatic heterocycles. The minimum atomic E-state index is -0.200. The van der Waals surface area contributed by atoms with E-state index >= 15 is 0 Å². The molecule has 1 saturated heterocycles. The van der Waals surface area contributed by atoms with E-state index in [9.17, 15) is 9.59 Å². The minimum Gasteiger partial charge on any atom is -0.469 e. The van der Waals surface area contributed by atoms with Crippen LogP contribution in [0.25, 0.3) is 0 Å². The Morgan fingerprint density at radius 3 is 2.86 bits per heavy atom. The number of aryl methyl sites for hydroxylation is 1. The Kier molecular flexibility index (Phi) is 3.95. The number of hydrogen-bond acceptors (Lipinski definition) is 3. The van der Waals surface area contributed by atoms with Crippen molar-refractivity contribution < 1.29 is 14.3 Å². The summed E-state index contributed by atoms with van der Waals surface area (Å²) >= 11 is 0. The Morgan fingerprint density at radius 2 is 2.05 bits per heavy atom. The number of ether oxygens (including phenoxy) is 1. The maximum atomic E-state index is 12.8. The summed E-state index contributed by atoms with van der Waals surface area (Å²) in [5.74, 6) is -0.216. The summed E-state index contributed by atoms with van der Waals surface area (Å²) < 4.78 is 4.79. The van der Waals surface area contributed by atoms with Crippen molar-refractivity contribution in [1.82, 2.24) is 4.90 Å². The van der Waals surface area contributed by atoms with Gasteiger partial charge in [-0.05, 0) is 36.8 Å². The molecule has 2 atom stereocenters. The van der Waals surface area contributed by atoms with Gasteiger partial charge in [-0.2, -0.15) is 0 Å². The topological polar surface area (TPSA) is 46.6 Å². The first-order valence-electron chi connectivity index (χ1n) is 7.65. The molecule has 1 aliphatic carbocycles. The van der Waals surface area contributed by atoms with E-state index in [4.69, 9.17) is 4.74 Å². The number of methoxy groups -OCH3 is 1. The minimum absolute atomic E-state index is 0.0358. The van der Waals surface area contributed by atoms with Crippen LogP contribution in [0.1, 0.15) is 36.3 Å². The number of benzene rings is 1. The van der Waals surface area contributed by atoms with Crippen LogP contribution in [0.15, 0.2) is 24.3 Å². The lowest BCUT2D eigenvalue weighted by Gasteiger charge is -2.28. The Morgan fingerprint density at radius 1 is 1.24 bits per heavy atom. The zero-order valence-electron chi connectivity index (χ0n) is 12.4. The van der Waals surface area contributed by atoms with Gasteiger partial charge in [0.1, 0.15) is 0 Å². The van der Waals surface area contributed by atoms with Crippen molar-refractivity contribution >= 4 is 11.9 Å². The van der Waals surface area contributed by atoms with E-state index in [1.807, 2.05) is 17.0 Å². The molecule has 1 amide bonds. The maximum absolute atomic E-state index is 12.8. The molecule has 2 aliphatic rings. The summed E-state index contributed by atoms with van der Waals surface area (Å²) in [5, 5.41) is 0. The van der Waals surface area contributed by atoms with Crippen LogP contribution in [0.5, 0.6) is 0 Å². The average Bonchev–Trinajstić information content (AvgIpc) is 3.03. The normalized spacial score (nSPS) is 24.5. The standard InChI is InChI=1S/C17H21NO3/c1-21-17(20)13-9-10-18(11-13)16(19)15-8-4-6-12-5-2-3-7-14(12)15/h2-3,5,7,13,15H,4,6,8-11H2,1H3. The summed E-state index contributed by atoms with van der Waals surface area (Å²) in [6.07, 6.45) is 3.74. The van der Waals surface area contributed by atoms with Gasteiger partial charge in [0.15, 0.2) is 0 Å². The molecule has 0 aromatic heterocycles. The predicted octanol–water partition coefficient (Wildman–Crippen LogP) is 2.13. The molecular weight excluding hydrogens is 266 g/mol. The summed E-state index contributed by atoms with van der Waals surface area (Å²) in [5.41, 5.74) is 2.47. The SMILES string of the molecule is COC(=O)C1CCN(C(=O)C2CCCc3ccccc32)C1. The molecule has 4 nitrogen and oxygen atoms in total. The first-order valence-corrected chi connectivity index (χ1v) is 7.65. The van der Waals surface area contributed by atoms with Gasteiger partial charge in [-0.3, -0.25) is 9.59 Å². The number of fused-ring (bicyclic) bond motifs is 1. The highest BCUT2D eigenvalue weighted by Crippen LogP contribution is 2.34. The van der Waals surface area contributed by atoms with Gasteiger partial charge in [-0.1, -0.05) is 24.3 Å². The quantitative estimate of drug-likeness (QED) is 0.783. The van der Waals surface area contributed by atoms with E-state index in [0.717, 1.165) is 19.3 Å². The third kappa shape index (κ3) is 2.67. The maximum Gasteiger partial charge on any atom is 0.310 e.